The minimum Gasteiger partial charge on any atom is -0.399 e. The molecule has 0 N–H and O–H groups in total. The number of rotatable bonds is 3. The van der Waals surface area contributed by atoms with Gasteiger partial charge in [0.2, 0.25) is 0 Å². The van der Waals surface area contributed by atoms with Gasteiger partial charge in [0.05, 0.1) is 9.64 Å². The summed E-state index contributed by atoms with van der Waals surface area (Å²) in [4.78, 5) is 0. The molecule has 1 aromatic rings. The summed E-state index contributed by atoms with van der Waals surface area (Å²) in [5.41, 5.74) is -0.0344. The summed E-state index contributed by atoms with van der Waals surface area (Å²) in [6.07, 6.45) is -1.05. The van der Waals surface area contributed by atoms with E-state index in [4.69, 9.17) is 9.69 Å². The van der Waals surface area contributed by atoms with Crippen LogP contribution in [0.15, 0.2) is 12.1 Å². The average molecular weight is 367 g/mol. The highest BCUT2D eigenvalue weighted by Gasteiger charge is 2.26. The average Bonchev–Trinajstić information content (AvgIpc) is 2.22. The van der Waals surface area contributed by atoms with Gasteiger partial charge in [0.1, 0.15) is 0 Å². The minimum atomic E-state index is -1.99. The fourth-order valence-corrected chi connectivity index (χ4v) is 2.56. The van der Waals surface area contributed by atoms with Gasteiger partial charge >= 0.3 is 0 Å². The molecule has 6 heteroatoms. The van der Waals surface area contributed by atoms with E-state index >= 15 is 0 Å². The lowest BCUT2D eigenvalue weighted by Gasteiger charge is -2.22. The first-order valence-corrected chi connectivity index (χ1v) is 9.46. The standard InChI is InChI=1S/C11H12F2INOSi/c1-17(2,3)16-9(6-15)7-4-5-8(14)11(13)10(7)12/h4-5,9H,1-3H3. The van der Waals surface area contributed by atoms with Gasteiger partial charge in [0.15, 0.2) is 26.1 Å². The second-order valence-electron chi connectivity index (χ2n) is 4.50. The molecule has 0 aliphatic rings. The zero-order valence-electron chi connectivity index (χ0n) is 9.72. The minimum absolute atomic E-state index is 0.0344. The molecule has 0 spiro atoms. The van der Waals surface area contributed by atoms with Crippen LogP contribution in [0.5, 0.6) is 0 Å². The van der Waals surface area contributed by atoms with E-state index in [-0.39, 0.29) is 9.13 Å². The van der Waals surface area contributed by atoms with E-state index in [9.17, 15) is 8.78 Å². The lowest BCUT2D eigenvalue weighted by molar-refractivity contribution is 0.247. The molecule has 1 rings (SSSR count). The summed E-state index contributed by atoms with van der Waals surface area (Å²) in [6, 6.07) is 4.70. The van der Waals surface area contributed by atoms with Crippen LogP contribution >= 0.6 is 22.6 Å². The van der Waals surface area contributed by atoms with Crippen molar-refractivity contribution in [3.8, 4) is 6.07 Å². The fourth-order valence-electron chi connectivity index (χ4n) is 1.26. The first-order chi connectivity index (χ1) is 7.76. The van der Waals surface area contributed by atoms with E-state index in [2.05, 4.69) is 0 Å². The van der Waals surface area contributed by atoms with Crippen LogP contribution in [0.3, 0.4) is 0 Å². The summed E-state index contributed by atoms with van der Waals surface area (Å²) in [5.74, 6) is -1.93. The van der Waals surface area contributed by atoms with E-state index in [0.29, 0.717) is 0 Å². The molecule has 2 nitrogen and oxygen atoms in total. The molecule has 1 atom stereocenters. The second kappa shape index (κ2) is 5.41. The largest absolute Gasteiger partial charge is 0.399 e. The molecule has 0 aliphatic carbocycles. The molecule has 0 heterocycles. The van der Waals surface area contributed by atoms with E-state index < -0.39 is 26.1 Å². The van der Waals surface area contributed by atoms with Crippen LogP contribution in [0.1, 0.15) is 11.7 Å². The van der Waals surface area contributed by atoms with Gasteiger partial charge in [-0.3, -0.25) is 0 Å². The van der Waals surface area contributed by atoms with Gasteiger partial charge in [-0.25, -0.2) is 8.78 Å². The SMILES string of the molecule is C[Si](C)(C)OC(C#N)c1ccc(I)c(F)c1F. The number of halogens is 3. The van der Waals surface area contributed by atoms with Crippen molar-refractivity contribution in [1.29, 1.82) is 5.26 Å². The Balaban J connectivity index is 3.15. The Morgan fingerprint density at radius 2 is 1.88 bits per heavy atom. The Morgan fingerprint density at radius 3 is 2.35 bits per heavy atom. The fraction of sp³-hybridized carbons (Fsp3) is 0.364. The number of nitriles is 1. The molecule has 0 saturated carbocycles. The Hall–Kier alpha value is -0.523. The van der Waals surface area contributed by atoms with E-state index in [1.165, 1.54) is 12.1 Å². The zero-order chi connectivity index (χ0) is 13.2. The number of hydrogen-bond donors (Lipinski definition) is 0. The first-order valence-electron chi connectivity index (χ1n) is 4.97. The van der Waals surface area contributed by atoms with Crippen molar-refractivity contribution in [3.63, 3.8) is 0 Å². The van der Waals surface area contributed by atoms with Gasteiger partial charge < -0.3 is 4.43 Å². The highest BCUT2D eigenvalue weighted by molar-refractivity contribution is 14.1. The lowest BCUT2D eigenvalue weighted by Crippen LogP contribution is -2.28. The van der Waals surface area contributed by atoms with E-state index in [1.807, 2.05) is 25.7 Å². The Bertz CT molecular complexity index is 468. The van der Waals surface area contributed by atoms with Crippen LogP contribution < -0.4 is 0 Å². The van der Waals surface area contributed by atoms with Crippen molar-refractivity contribution in [1.82, 2.24) is 0 Å². The van der Waals surface area contributed by atoms with E-state index in [1.54, 1.807) is 22.6 Å². The maximum absolute atomic E-state index is 13.7. The summed E-state index contributed by atoms with van der Waals surface area (Å²) in [6.45, 7) is 5.66. The van der Waals surface area contributed by atoms with Crippen LogP contribution in [-0.4, -0.2) is 8.32 Å². The van der Waals surface area contributed by atoms with Gasteiger partial charge in [-0.15, -0.1) is 0 Å². The van der Waals surface area contributed by atoms with Crippen molar-refractivity contribution < 1.29 is 13.2 Å². The third kappa shape index (κ3) is 3.72. The summed E-state index contributed by atoms with van der Waals surface area (Å²) < 4.78 is 32.8. The maximum Gasteiger partial charge on any atom is 0.186 e. The monoisotopic (exact) mass is 367 g/mol. The molecule has 17 heavy (non-hydrogen) atoms. The first kappa shape index (κ1) is 14.5. The van der Waals surface area contributed by atoms with Crippen LogP contribution in [0, 0.1) is 26.5 Å². The lowest BCUT2D eigenvalue weighted by atomic mass is 10.1. The van der Waals surface area contributed by atoms with Gasteiger partial charge in [-0.05, 0) is 48.3 Å². The molecule has 1 aromatic carbocycles. The Kier molecular flexibility index (Phi) is 4.63. The molecule has 0 aliphatic heterocycles. The summed E-state index contributed by atoms with van der Waals surface area (Å²) in [7, 11) is -1.99. The molecule has 0 aromatic heterocycles. The van der Waals surface area contributed by atoms with Gasteiger partial charge in [-0.1, -0.05) is 6.07 Å². The molecule has 0 saturated heterocycles. The summed E-state index contributed by atoms with van der Waals surface area (Å²) in [5, 5.41) is 8.98. The van der Waals surface area contributed by atoms with Crippen molar-refractivity contribution in [2.24, 2.45) is 0 Å². The van der Waals surface area contributed by atoms with Crippen LogP contribution in [0.25, 0.3) is 0 Å². The van der Waals surface area contributed by atoms with Crippen LogP contribution in [0.4, 0.5) is 8.78 Å². The predicted molar refractivity (Wildman–Crippen MR) is 71.9 cm³/mol. The number of benzene rings is 1. The van der Waals surface area contributed by atoms with Crippen molar-refractivity contribution in [2.75, 3.05) is 0 Å². The van der Waals surface area contributed by atoms with E-state index in [0.717, 1.165) is 0 Å². The van der Waals surface area contributed by atoms with Crippen molar-refractivity contribution >= 4 is 30.9 Å². The third-order valence-electron chi connectivity index (χ3n) is 1.94. The molecule has 1 unspecified atom stereocenters. The van der Waals surface area contributed by atoms with Crippen molar-refractivity contribution in [2.45, 2.75) is 25.7 Å². The quantitative estimate of drug-likeness (QED) is 0.460. The molecule has 0 radical (unpaired) electrons. The maximum atomic E-state index is 13.7. The van der Waals surface area contributed by atoms with Crippen LogP contribution in [-0.2, 0) is 4.43 Å². The number of nitrogens with zero attached hydrogens (tertiary/aromatic N) is 1. The molecular formula is C11H12F2INOSi. The predicted octanol–water partition coefficient (Wildman–Crippen LogP) is 3.99. The zero-order valence-corrected chi connectivity index (χ0v) is 12.9. The van der Waals surface area contributed by atoms with Gasteiger partial charge in [0, 0.05) is 5.56 Å². The molecule has 92 valence electrons. The molecule has 0 amide bonds. The highest BCUT2D eigenvalue weighted by atomic mass is 127. The second-order valence-corrected chi connectivity index (χ2v) is 10.1. The molecule has 0 bridgehead atoms. The van der Waals surface area contributed by atoms with Gasteiger partial charge in [-0.2, -0.15) is 5.26 Å². The smallest absolute Gasteiger partial charge is 0.186 e. The highest BCUT2D eigenvalue weighted by Crippen LogP contribution is 2.27. The normalized spacial score (nSPS) is 13.2. The van der Waals surface area contributed by atoms with Gasteiger partial charge in [0.25, 0.3) is 0 Å². The topological polar surface area (TPSA) is 33.0 Å². The number of hydrogen-bond acceptors (Lipinski definition) is 2. The molecule has 0 fully saturated rings. The summed E-state index contributed by atoms with van der Waals surface area (Å²) >= 11 is 1.70. The van der Waals surface area contributed by atoms with Crippen LogP contribution in [0.2, 0.25) is 19.6 Å². The Labute approximate surface area is 114 Å². The Morgan fingerprint density at radius 1 is 1.29 bits per heavy atom. The van der Waals surface area contributed by atoms with Crippen molar-refractivity contribution in [3.05, 3.63) is 32.9 Å². The third-order valence-corrected chi connectivity index (χ3v) is 3.71. The molecular weight excluding hydrogens is 355 g/mol.